The SMILES string of the molecule is CC.CSN(C)c1ccc(C)c(C#Cc2cc(Cl)ccc2OCC(=O)O)c1.Cc1ncc(SN(C)C)cc1C#Cc1cc(Cl)ccc1OCC(=O)O. The van der Waals surface area contributed by atoms with Crippen molar-refractivity contribution in [3.63, 3.8) is 0 Å². The molecule has 0 saturated heterocycles. The maximum atomic E-state index is 10.7. The van der Waals surface area contributed by atoms with Gasteiger partial charge in [-0.25, -0.2) is 9.59 Å². The summed E-state index contributed by atoms with van der Waals surface area (Å²) in [5.74, 6) is 10.9. The minimum absolute atomic E-state index is 0.378. The molecule has 52 heavy (non-hydrogen) atoms. The van der Waals surface area contributed by atoms with E-state index in [1.165, 1.54) is 0 Å². The smallest absolute Gasteiger partial charge is 0.341 e. The van der Waals surface area contributed by atoms with Gasteiger partial charge in [0.2, 0.25) is 0 Å². The Balaban J connectivity index is 0.000000344. The summed E-state index contributed by atoms with van der Waals surface area (Å²) in [4.78, 5) is 26.7. The lowest BCUT2D eigenvalue weighted by molar-refractivity contribution is -0.140. The van der Waals surface area contributed by atoms with E-state index in [2.05, 4.69) is 28.7 Å². The van der Waals surface area contributed by atoms with Crippen molar-refractivity contribution in [1.82, 2.24) is 9.29 Å². The first kappa shape index (κ1) is 43.7. The van der Waals surface area contributed by atoms with Gasteiger partial charge in [0, 0.05) is 51.3 Å². The molecule has 0 bridgehead atoms. The molecule has 0 radical (unpaired) electrons. The minimum atomic E-state index is -1.05. The van der Waals surface area contributed by atoms with Crippen LogP contribution in [-0.4, -0.2) is 72.1 Å². The molecule has 0 saturated carbocycles. The summed E-state index contributed by atoms with van der Waals surface area (Å²) in [6.07, 6.45) is 3.80. The van der Waals surface area contributed by atoms with Gasteiger partial charge in [0.25, 0.3) is 0 Å². The number of ether oxygens (including phenoxy) is 2. The number of anilines is 1. The highest BCUT2D eigenvalue weighted by atomic mass is 35.5. The first-order valence-electron chi connectivity index (χ1n) is 15.8. The lowest BCUT2D eigenvalue weighted by atomic mass is 10.1. The fraction of sp³-hybridized carbons (Fsp3) is 0.256. The number of aryl methyl sites for hydroxylation is 2. The molecule has 0 spiro atoms. The summed E-state index contributed by atoms with van der Waals surface area (Å²) in [6.45, 7) is 7.01. The fourth-order valence-corrected chi connectivity index (χ4v) is 5.31. The van der Waals surface area contributed by atoms with E-state index in [9.17, 15) is 9.59 Å². The van der Waals surface area contributed by atoms with E-state index in [0.29, 0.717) is 32.7 Å². The number of nitrogens with zero attached hydrogens (tertiary/aromatic N) is 3. The van der Waals surface area contributed by atoms with Crippen molar-refractivity contribution in [3.05, 3.63) is 110 Å². The number of carboxylic acids is 2. The van der Waals surface area contributed by atoms with Crippen LogP contribution in [-0.2, 0) is 9.59 Å². The summed E-state index contributed by atoms with van der Waals surface area (Å²) < 4.78 is 14.6. The Morgan fingerprint density at radius 2 is 1.25 bits per heavy atom. The largest absolute Gasteiger partial charge is 0.481 e. The Morgan fingerprint density at radius 3 is 1.73 bits per heavy atom. The normalized spacial score (nSPS) is 9.83. The minimum Gasteiger partial charge on any atom is -0.481 e. The van der Waals surface area contributed by atoms with E-state index in [1.807, 2.05) is 88.0 Å². The zero-order valence-electron chi connectivity index (χ0n) is 30.2. The lowest BCUT2D eigenvalue weighted by Crippen LogP contribution is -2.10. The van der Waals surface area contributed by atoms with E-state index in [-0.39, 0.29) is 0 Å². The van der Waals surface area contributed by atoms with Gasteiger partial charge in [-0.15, -0.1) is 0 Å². The van der Waals surface area contributed by atoms with Crippen LogP contribution >= 0.6 is 47.1 Å². The monoisotopic (exact) mass is 781 g/mol. The van der Waals surface area contributed by atoms with Gasteiger partial charge in [-0.3, -0.25) is 9.29 Å². The zero-order chi connectivity index (χ0) is 38.8. The van der Waals surface area contributed by atoms with E-state index in [4.69, 9.17) is 42.9 Å². The molecule has 0 atom stereocenters. The number of benzene rings is 3. The van der Waals surface area contributed by atoms with Gasteiger partial charge in [0.1, 0.15) is 11.5 Å². The van der Waals surface area contributed by atoms with Crippen LogP contribution in [0.5, 0.6) is 11.5 Å². The number of carbonyl (C=O) groups is 2. The molecule has 3 aromatic carbocycles. The van der Waals surface area contributed by atoms with Crippen LogP contribution in [0.15, 0.2) is 71.8 Å². The van der Waals surface area contributed by atoms with Crippen LogP contribution in [0.1, 0.15) is 47.4 Å². The maximum absolute atomic E-state index is 10.7. The third kappa shape index (κ3) is 15.0. The highest BCUT2D eigenvalue weighted by Crippen LogP contribution is 2.26. The molecule has 4 aromatic rings. The molecule has 0 amide bonds. The zero-order valence-corrected chi connectivity index (χ0v) is 33.4. The number of pyridine rings is 1. The molecule has 0 aliphatic carbocycles. The van der Waals surface area contributed by atoms with Crippen LogP contribution in [0.2, 0.25) is 10.0 Å². The third-order valence-electron chi connectivity index (χ3n) is 6.46. The first-order chi connectivity index (χ1) is 24.7. The van der Waals surface area contributed by atoms with E-state index < -0.39 is 25.2 Å². The molecule has 1 heterocycles. The summed E-state index contributed by atoms with van der Waals surface area (Å²) >= 11 is 15.2. The summed E-state index contributed by atoms with van der Waals surface area (Å²) in [5.41, 5.74) is 5.68. The molecule has 0 unspecified atom stereocenters. The molecule has 0 aliphatic rings. The maximum Gasteiger partial charge on any atom is 0.341 e. The van der Waals surface area contributed by atoms with Crippen molar-refractivity contribution in [3.8, 4) is 35.2 Å². The molecule has 274 valence electrons. The molecule has 1 aromatic heterocycles. The van der Waals surface area contributed by atoms with Gasteiger partial charge in [-0.2, -0.15) is 0 Å². The molecule has 4 rings (SSSR count). The highest BCUT2D eigenvalue weighted by Gasteiger charge is 2.08. The Labute approximate surface area is 324 Å². The molecule has 0 aliphatic heterocycles. The summed E-state index contributed by atoms with van der Waals surface area (Å²) in [7, 11) is 5.89. The molecular formula is C39H41Cl2N3O6S2. The van der Waals surface area contributed by atoms with Crippen molar-refractivity contribution in [2.45, 2.75) is 32.6 Å². The standard InChI is InChI=1S/C19H18ClNO3S.C18H17ClN2O3S.C2H6/c1-13-4-8-17(21(2)25-3)11-14(13)5-6-15-10-16(20)7-9-18(15)24-12-19(22)23;1-12-13(9-16(10-20-12)25-21(2)3)4-5-14-8-15(19)6-7-17(14)24-11-18(22)23;1-2/h4,7-11H,12H2,1-3H3,(H,22,23);6-10H,11H2,1-3H3,(H,22,23);1-2H3. The average molecular weight is 783 g/mol. The second-order valence-corrected chi connectivity index (χ2v) is 13.7. The van der Waals surface area contributed by atoms with Crippen LogP contribution in [0.3, 0.4) is 0 Å². The predicted octanol–water partition coefficient (Wildman–Crippen LogP) is 8.73. The van der Waals surface area contributed by atoms with Crippen LogP contribution in [0.25, 0.3) is 0 Å². The third-order valence-corrected chi connectivity index (χ3v) is 8.49. The van der Waals surface area contributed by atoms with E-state index >= 15 is 0 Å². The Kier molecular flexibility index (Phi) is 18.9. The number of rotatable bonds is 10. The molecule has 2 N–H and O–H groups in total. The Morgan fingerprint density at radius 1 is 0.750 bits per heavy atom. The molecule has 9 nitrogen and oxygen atoms in total. The number of aliphatic carboxylic acids is 2. The van der Waals surface area contributed by atoms with Gasteiger partial charge >= 0.3 is 11.9 Å². The number of aromatic nitrogens is 1. The van der Waals surface area contributed by atoms with Crippen molar-refractivity contribution >= 4 is 64.7 Å². The van der Waals surface area contributed by atoms with Gasteiger partial charge in [0.15, 0.2) is 13.2 Å². The fourth-order valence-electron chi connectivity index (χ4n) is 3.95. The van der Waals surface area contributed by atoms with Crippen LogP contribution in [0.4, 0.5) is 5.69 Å². The van der Waals surface area contributed by atoms with Crippen molar-refractivity contribution < 1.29 is 29.3 Å². The second-order valence-electron chi connectivity index (χ2n) is 10.5. The quantitative estimate of drug-likeness (QED) is 0.119. The van der Waals surface area contributed by atoms with Crippen LogP contribution in [0, 0.1) is 37.5 Å². The van der Waals surface area contributed by atoms with Crippen molar-refractivity contribution in [1.29, 1.82) is 0 Å². The molecule has 13 heteroatoms. The first-order valence-corrected chi connectivity index (χ1v) is 18.5. The number of carboxylic acid groups (broad SMARTS) is 2. The summed E-state index contributed by atoms with van der Waals surface area (Å²) in [5, 5.41) is 18.6. The van der Waals surface area contributed by atoms with E-state index in [0.717, 1.165) is 33.0 Å². The van der Waals surface area contributed by atoms with Crippen molar-refractivity contribution in [2.24, 2.45) is 0 Å². The number of hydrogen-bond acceptors (Lipinski definition) is 9. The van der Waals surface area contributed by atoms with Gasteiger partial charge in [-0.05, 0) is 100 Å². The second kappa shape index (κ2) is 22.4. The Bertz CT molecular complexity index is 1970. The molecule has 0 fully saturated rings. The van der Waals surface area contributed by atoms with Gasteiger partial charge in [-0.1, -0.05) is 78.7 Å². The number of halogens is 2. The van der Waals surface area contributed by atoms with Gasteiger partial charge < -0.3 is 24.0 Å². The predicted molar refractivity (Wildman–Crippen MR) is 214 cm³/mol. The lowest BCUT2D eigenvalue weighted by Gasteiger charge is -2.16. The van der Waals surface area contributed by atoms with Crippen molar-refractivity contribution in [2.75, 3.05) is 44.9 Å². The Hall–Kier alpha value is -4.49. The van der Waals surface area contributed by atoms with Gasteiger partial charge in [0.05, 0.1) is 16.8 Å². The van der Waals surface area contributed by atoms with Crippen LogP contribution < -0.4 is 13.8 Å². The van der Waals surface area contributed by atoms with E-state index in [1.54, 1.807) is 66.5 Å². The topological polar surface area (TPSA) is 112 Å². The highest BCUT2D eigenvalue weighted by molar-refractivity contribution is 7.99. The summed E-state index contributed by atoms with van der Waals surface area (Å²) in [6, 6.07) is 17.9. The average Bonchev–Trinajstić information content (AvgIpc) is 3.11. The number of hydrogen-bond donors (Lipinski definition) is 2. The molecular weight excluding hydrogens is 741 g/mol.